The Morgan fingerprint density at radius 1 is 0.882 bits per heavy atom. The van der Waals surface area contributed by atoms with Crippen molar-refractivity contribution in [3.8, 4) is 0 Å². The molecule has 0 bridgehead atoms. The van der Waals surface area contributed by atoms with Crippen LogP contribution in [0, 0.1) is 11.8 Å². The average Bonchev–Trinajstić information content (AvgIpc) is 2.77. The third-order valence-corrected chi connectivity index (χ3v) is 4.33. The first-order valence-corrected chi connectivity index (χ1v) is 8.09. The Balaban J connectivity index is 2.05. The predicted molar refractivity (Wildman–Crippen MR) is 77.4 cm³/mol. The summed E-state index contributed by atoms with van der Waals surface area (Å²) >= 11 is 0. The molecule has 0 aromatic carbocycles. The largest absolute Gasteiger partial charge is 0.316 e. The third kappa shape index (κ3) is 6.45. The van der Waals surface area contributed by atoms with Crippen LogP contribution in [0.2, 0.25) is 0 Å². The smallest absolute Gasteiger partial charge is 0.00179 e. The van der Waals surface area contributed by atoms with E-state index in [9.17, 15) is 0 Å². The molecule has 2 unspecified atom stereocenters. The van der Waals surface area contributed by atoms with E-state index in [0.29, 0.717) is 0 Å². The number of rotatable bonds is 10. The summed E-state index contributed by atoms with van der Waals surface area (Å²) in [6.07, 6.45) is 14.5. The topological polar surface area (TPSA) is 12.0 Å². The fourth-order valence-electron chi connectivity index (χ4n) is 3.24. The van der Waals surface area contributed by atoms with Crippen LogP contribution in [0.4, 0.5) is 0 Å². The van der Waals surface area contributed by atoms with Crippen molar-refractivity contribution < 1.29 is 0 Å². The van der Waals surface area contributed by atoms with Gasteiger partial charge >= 0.3 is 0 Å². The Kier molecular flexibility index (Phi) is 8.78. The minimum Gasteiger partial charge on any atom is -0.316 e. The van der Waals surface area contributed by atoms with Crippen molar-refractivity contribution in [1.82, 2.24) is 5.32 Å². The molecule has 0 aliphatic heterocycles. The SMILES string of the molecule is CCCCCCCC1CCCC1CNCCC. The lowest BCUT2D eigenvalue weighted by Crippen LogP contribution is -2.25. The molecular formula is C16H33N. The lowest BCUT2D eigenvalue weighted by molar-refractivity contribution is 0.336. The Labute approximate surface area is 109 Å². The molecule has 1 fully saturated rings. The molecule has 1 N–H and O–H groups in total. The van der Waals surface area contributed by atoms with Gasteiger partial charge in [-0.25, -0.2) is 0 Å². The Morgan fingerprint density at radius 2 is 1.65 bits per heavy atom. The molecule has 1 saturated carbocycles. The first kappa shape index (κ1) is 15.0. The second kappa shape index (κ2) is 9.94. The Hall–Kier alpha value is -0.0400. The van der Waals surface area contributed by atoms with Crippen molar-refractivity contribution in [2.75, 3.05) is 13.1 Å². The summed E-state index contributed by atoms with van der Waals surface area (Å²) in [4.78, 5) is 0. The van der Waals surface area contributed by atoms with Crippen LogP contribution in [-0.2, 0) is 0 Å². The molecule has 102 valence electrons. The van der Waals surface area contributed by atoms with Gasteiger partial charge in [0.05, 0.1) is 0 Å². The van der Waals surface area contributed by atoms with Gasteiger partial charge in [-0.3, -0.25) is 0 Å². The van der Waals surface area contributed by atoms with E-state index in [4.69, 9.17) is 0 Å². The minimum absolute atomic E-state index is 0.993. The second-order valence-corrected chi connectivity index (χ2v) is 5.86. The monoisotopic (exact) mass is 239 g/mol. The normalized spacial score (nSPS) is 24.4. The van der Waals surface area contributed by atoms with Gasteiger partial charge in [0.1, 0.15) is 0 Å². The first-order valence-electron chi connectivity index (χ1n) is 8.09. The molecule has 0 aromatic heterocycles. The highest BCUT2D eigenvalue weighted by Gasteiger charge is 2.25. The van der Waals surface area contributed by atoms with Gasteiger partial charge in [-0.05, 0) is 37.8 Å². The molecule has 0 amide bonds. The second-order valence-electron chi connectivity index (χ2n) is 5.86. The van der Waals surface area contributed by atoms with Gasteiger partial charge in [-0.2, -0.15) is 0 Å². The van der Waals surface area contributed by atoms with Crippen LogP contribution in [0.15, 0.2) is 0 Å². The molecule has 1 heteroatoms. The van der Waals surface area contributed by atoms with Crippen molar-refractivity contribution in [3.63, 3.8) is 0 Å². The van der Waals surface area contributed by atoms with E-state index < -0.39 is 0 Å². The standard InChI is InChI=1S/C16H33N/c1-3-5-6-7-8-10-15-11-9-12-16(15)14-17-13-4-2/h15-17H,3-14H2,1-2H3. The van der Waals surface area contributed by atoms with Gasteiger partial charge in [0.2, 0.25) is 0 Å². The van der Waals surface area contributed by atoms with E-state index in [2.05, 4.69) is 19.2 Å². The van der Waals surface area contributed by atoms with E-state index in [1.165, 1.54) is 77.3 Å². The zero-order valence-electron chi connectivity index (χ0n) is 12.1. The third-order valence-electron chi connectivity index (χ3n) is 4.33. The lowest BCUT2D eigenvalue weighted by atomic mass is 9.90. The van der Waals surface area contributed by atoms with E-state index in [0.717, 1.165) is 11.8 Å². The Morgan fingerprint density at radius 3 is 2.41 bits per heavy atom. The molecule has 1 aliphatic carbocycles. The van der Waals surface area contributed by atoms with Crippen LogP contribution >= 0.6 is 0 Å². The van der Waals surface area contributed by atoms with Crippen LogP contribution in [0.3, 0.4) is 0 Å². The zero-order chi connectivity index (χ0) is 12.3. The van der Waals surface area contributed by atoms with Crippen molar-refractivity contribution in [3.05, 3.63) is 0 Å². The molecule has 1 nitrogen and oxygen atoms in total. The highest BCUT2D eigenvalue weighted by Crippen LogP contribution is 2.34. The van der Waals surface area contributed by atoms with E-state index in [-0.39, 0.29) is 0 Å². The molecule has 1 rings (SSSR count). The highest BCUT2D eigenvalue weighted by molar-refractivity contribution is 4.79. The van der Waals surface area contributed by atoms with Crippen molar-refractivity contribution in [1.29, 1.82) is 0 Å². The van der Waals surface area contributed by atoms with Gasteiger partial charge in [0.25, 0.3) is 0 Å². The maximum Gasteiger partial charge on any atom is -0.00179 e. The van der Waals surface area contributed by atoms with Crippen LogP contribution in [0.5, 0.6) is 0 Å². The van der Waals surface area contributed by atoms with Crippen molar-refractivity contribution in [2.45, 2.75) is 78.1 Å². The summed E-state index contributed by atoms with van der Waals surface area (Å²) in [5, 5.41) is 3.62. The molecule has 0 radical (unpaired) electrons. The lowest BCUT2D eigenvalue weighted by Gasteiger charge is -2.20. The van der Waals surface area contributed by atoms with Crippen LogP contribution in [-0.4, -0.2) is 13.1 Å². The summed E-state index contributed by atoms with van der Waals surface area (Å²) in [7, 11) is 0. The molecule has 2 atom stereocenters. The van der Waals surface area contributed by atoms with Gasteiger partial charge in [-0.1, -0.05) is 65.2 Å². The molecular weight excluding hydrogens is 206 g/mol. The zero-order valence-corrected chi connectivity index (χ0v) is 12.1. The number of hydrogen-bond acceptors (Lipinski definition) is 1. The van der Waals surface area contributed by atoms with Gasteiger partial charge < -0.3 is 5.32 Å². The molecule has 0 heterocycles. The maximum absolute atomic E-state index is 3.62. The number of unbranched alkanes of at least 4 members (excludes halogenated alkanes) is 4. The molecule has 1 aliphatic rings. The highest BCUT2D eigenvalue weighted by atomic mass is 14.9. The van der Waals surface area contributed by atoms with Crippen LogP contribution in [0.25, 0.3) is 0 Å². The molecule has 0 saturated heterocycles. The minimum atomic E-state index is 0.993. The summed E-state index contributed by atoms with van der Waals surface area (Å²) in [6, 6.07) is 0. The quantitative estimate of drug-likeness (QED) is 0.542. The van der Waals surface area contributed by atoms with Gasteiger partial charge in [0, 0.05) is 0 Å². The average molecular weight is 239 g/mol. The fraction of sp³-hybridized carbons (Fsp3) is 1.00. The van der Waals surface area contributed by atoms with E-state index in [1.807, 2.05) is 0 Å². The first-order chi connectivity index (χ1) is 8.38. The fourth-order valence-corrected chi connectivity index (χ4v) is 3.24. The van der Waals surface area contributed by atoms with E-state index in [1.54, 1.807) is 0 Å². The molecule has 0 aromatic rings. The van der Waals surface area contributed by atoms with Crippen molar-refractivity contribution >= 4 is 0 Å². The van der Waals surface area contributed by atoms with Gasteiger partial charge in [0.15, 0.2) is 0 Å². The summed E-state index contributed by atoms with van der Waals surface area (Å²) in [6.45, 7) is 7.05. The van der Waals surface area contributed by atoms with Gasteiger partial charge in [-0.15, -0.1) is 0 Å². The number of nitrogens with one attached hydrogen (secondary N) is 1. The summed E-state index contributed by atoms with van der Waals surface area (Å²) in [5.41, 5.74) is 0. The van der Waals surface area contributed by atoms with Crippen molar-refractivity contribution in [2.24, 2.45) is 11.8 Å². The predicted octanol–water partition coefficient (Wildman–Crippen LogP) is 4.76. The molecule has 0 spiro atoms. The van der Waals surface area contributed by atoms with Crippen LogP contribution < -0.4 is 5.32 Å². The molecule has 17 heavy (non-hydrogen) atoms. The maximum atomic E-state index is 3.62. The summed E-state index contributed by atoms with van der Waals surface area (Å²) < 4.78 is 0. The number of hydrogen-bond donors (Lipinski definition) is 1. The summed E-state index contributed by atoms with van der Waals surface area (Å²) in [5.74, 6) is 2.04. The van der Waals surface area contributed by atoms with E-state index >= 15 is 0 Å². The Bertz CT molecular complexity index is 167. The van der Waals surface area contributed by atoms with Crippen LogP contribution in [0.1, 0.15) is 78.1 Å².